The highest BCUT2D eigenvalue weighted by atomic mass is 32.1. The predicted molar refractivity (Wildman–Crippen MR) is 71.4 cm³/mol. The van der Waals surface area contributed by atoms with E-state index >= 15 is 0 Å². The van der Waals surface area contributed by atoms with Crippen molar-refractivity contribution in [1.29, 1.82) is 0 Å². The van der Waals surface area contributed by atoms with E-state index < -0.39 is 0 Å². The second-order valence-corrected chi connectivity index (χ2v) is 4.92. The molecule has 4 heteroatoms. The van der Waals surface area contributed by atoms with Crippen LogP contribution in [0.1, 0.15) is 30.9 Å². The van der Waals surface area contributed by atoms with Crippen molar-refractivity contribution >= 4 is 17.2 Å². The van der Waals surface area contributed by atoms with E-state index in [-0.39, 0.29) is 11.9 Å². The molecule has 0 aliphatic carbocycles. The lowest BCUT2D eigenvalue weighted by molar-refractivity contribution is 0.203. The first kappa shape index (κ1) is 12.5. The Labute approximate surface area is 107 Å². The van der Waals surface area contributed by atoms with Crippen molar-refractivity contribution in [3.8, 4) is 0 Å². The normalized spacial score (nSPS) is 18.9. The fourth-order valence-corrected chi connectivity index (χ4v) is 2.66. The molecule has 1 unspecified atom stereocenters. The topological polar surface area (TPSA) is 29.3 Å². The Bertz CT molecular complexity index is 385. The molecule has 0 saturated carbocycles. The van der Waals surface area contributed by atoms with E-state index in [9.17, 15) is 4.39 Å². The number of rotatable bonds is 3. The summed E-state index contributed by atoms with van der Waals surface area (Å²) in [5.41, 5.74) is 6.82. The van der Waals surface area contributed by atoms with Gasteiger partial charge >= 0.3 is 0 Å². The summed E-state index contributed by atoms with van der Waals surface area (Å²) in [6.45, 7) is 2.03. The minimum absolute atomic E-state index is 0.0501. The molecular weight excluding hydrogens is 235 g/mol. The van der Waals surface area contributed by atoms with Gasteiger partial charge in [0.05, 0.1) is 11.0 Å². The maximum absolute atomic E-state index is 12.9. The molecule has 1 heterocycles. The minimum Gasteiger partial charge on any atom is -0.392 e. The van der Waals surface area contributed by atoms with Crippen LogP contribution in [-0.2, 0) is 0 Å². The highest BCUT2D eigenvalue weighted by Gasteiger charge is 2.24. The fourth-order valence-electron chi connectivity index (χ4n) is 2.38. The van der Waals surface area contributed by atoms with E-state index in [4.69, 9.17) is 18.0 Å². The van der Waals surface area contributed by atoms with Crippen LogP contribution in [0.2, 0.25) is 0 Å². The van der Waals surface area contributed by atoms with Gasteiger partial charge in [-0.25, -0.2) is 4.39 Å². The van der Waals surface area contributed by atoms with Gasteiger partial charge in [-0.15, -0.1) is 0 Å². The Balaban J connectivity index is 2.21. The molecule has 1 aromatic carbocycles. The summed E-state index contributed by atoms with van der Waals surface area (Å²) < 4.78 is 12.9. The van der Waals surface area contributed by atoms with Gasteiger partial charge in [-0.2, -0.15) is 0 Å². The Hall–Kier alpha value is -1.00. The van der Waals surface area contributed by atoms with Crippen LogP contribution in [-0.4, -0.2) is 23.0 Å². The standard InChI is InChI=1S/C13H17FN2S/c14-11-6-4-10(5-7-11)12(13(15)17)16-8-2-1-3-9-16/h4-7,12H,1-3,8-9H2,(H2,15,17). The second kappa shape index (κ2) is 5.56. The zero-order chi connectivity index (χ0) is 12.3. The molecule has 1 fully saturated rings. The number of likely N-dealkylation sites (tertiary alicyclic amines) is 1. The molecule has 0 bridgehead atoms. The first-order chi connectivity index (χ1) is 8.18. The second-order valence-electron chi connectivity index (χ2n) is 4.45. The summed E-state index contributed by atoms with van der Waals surface area (Å²) in [6.07, 6.45) is 3.63. The van der Waals surface area contributed by atoms with Crippen molar-refractivity contribution in [2.24, 2.45) is 5.73 Å². The van der Waals surface area contributed by atoms with Crippen LogP contribution >= 0.6 is 12.2 Å². The Morgan fingerprint density at radius 2 is 1.76 bits per heavy atom. The molecule has 2 rings (SSSR count). The first-order valence-corrected chi connectivity index (χ1v) is 6.38. The van der Waals surface area contributed by atoms with Crippen molar-refractivity contribution in [3.05, 3.63) is 35.6 Å². The lowest BCUT2D eigenvalue weighted by atomic mass is 10.0. The number of piperidine rings is 1. The highest BCUT2D eigenvalue weighted by molar-refractivity contribution is 7.80. The number of thiocarbonyl (C=S) groups is 1. The van der Waals surface area contributed by atoms with Crippen LogP contribution in [0.4, 0.5) is 4.39 Å². The number of hydrogen-bond donors (Lipinski definition) is 1. The highest BCUT2D eigenvalue weighted by Crippen LogP contribution is 2.25. The largest absolute Gasteiger partial charge is 0.392 e. The van der Waals surface area contributed by atoms with Gasteiger partial charge in [-0.05, 0) is 43.6 Å². The average Bonchev–Trinajstić information content (AvgIpc) is 2.33. The quantitative estimate of drug-likeness (QED) is 0.839. The molecule has 0 spiro atoms. The molecule has 17 heavy (non-hydrogen) atoms. The molecule has 1 aromatic rings. The Kier molecular flexibility index (Phi) is 4.07. The van der Waals surface area contributed by atoms with Crippen LogP contribution < -0.4 is 5.73 Å². The number of nitrogens with two attached hydrogens (primary N) is 1. The smallest absolute Gasteiger partial charge is 0.123 e. The summed E-state index contributed by atoms with van der Waals surface area (Å²) in [5, 5.41) is 0. The number of halogens is 1. The van der Waals surface area contributed by atoms with E-state index in [1.165, 1.54) is 31.4 Å². The summed E-state index contributed by atoms with van der Waals surface area (Å²) in [7, 11) is 0. The summed E-state index contributed by atoms with van der Waals surface area (Å²) in [5.74, 6) is -0.228. The van der Waals surface area contributed by atoms with Gasteiger partial charge in [0, 0.05) is 0 Å². The third-order valence-electron chi connectivity index (χ3n) is 3.21. The van der Waals surface area contributed by atoms with Crippen LogP contribution in [0.5, 0.6) is 0 Å². The van der Waals surface area contributed by atoms with Crippen molar-refractivity contribution in [2.75, 3.05) is 13.1 Å². The first-order valence-electron chi connectivity index (χ1n) is 5.97. The number of nitrogens with zero attached hydrogens (tertiary/aromatic N) is 1. The molecule has 0 aromatic heterocycles. The monoisotopic (exact) mass is 252 g/mol. The van der Waals surface area contributed by atoms with Crippen LogP contribution in [0.3, 0.4) is 0 Å². The van der Waals surface area contributed by atoms with Gasteiger partial charge in [-0.1, -0.05) is 30.8 Å². The molecule has 1 saturated heterocycles. The van der Waals surface area contributed by atoms with Crippen LogP contribution in [0.15, 0.2) is 24.3 Å². The lowest BCUT2D eigenvalue weighted by Gasteiger charge is -2.34. The Morgan fingerprint density at radius 3 is 2.29 bits per heavy atom. The minimum atomic E-state index is -0.228. The summed E-state index contributed by atoms with van der Waals surface area (Å²) in [6, 6.07) is 6.42. The van der Waals surface area contributed by atoms with Gasteiger partial charge < -0.3 is 5.73 Å². The van der Waals surface area contributed by atoms with E-state index in [0.29, 0.717) is 4.99 Å². The van der Waals surface area contributed by atoms with Crippen LogP contribution in [0.25, 0.3) is 0 Å². The van der Waals surface area contributed by atoms with Crippen molar-refractivity contribution < 1.29 is 4.39 Å². The van der Waals surface area contributed by atoms with Gasteiger partial charge in [0.1, 0.15) is 5.82 Å². The molecule has 0 radical (unpaired) electrons. The van der Waals surface area contributed by atoms with Crippen molar-refractivity contribution in [2.45, 2.75) is 25.3 Å². The SMILES string of the molecule is NC(=S)C(c1ccc(F)cc1)N1CCCCC1. The molecule has 2 nitrogen and oxygen atoms in total. The maximum atomic E-state index is 12.9. The molecule has 1 aliphatic rings. The lowest BCUT2D eigenvalue weighted by Crippen LogP contribution is -2.40. The van der Waals surface area contributed by atoms with E-state index in [1.54, 1.807) is 12.1 Å². The van der Waals surface area contributed by atoms with Gasteiger partial charge in [0.15, 0.2) is 0 Å². The third-order valence-corrected chi connectivity index (χ3v) is 3.43. The average molecular weight is 252 g/mol. The number of benzene rings is 1. The molecule has 2 N–H and O–H groups in total. The van der Waals surface area contributed by atoms with Crippen molar-refractivity contribution in [3.63, 3.8) is 0 Å². The molecular formula is C13H17FN2S. The summed E-state index contributed by atoms with van der Waals surface area (Å²) >= 11 is 5.16. The van der Waals surface area contributed by atoms with Crippen LogP contribution in [0, 0.1) is 5.82 Å². The predicted octanol–water partition coefficient (Wildman–Crippen LogP) is 2.64. The molecule has 1 atom stereocenters. The zero-order valence-electron chi connectivity index (χ0n) is 9.73. The van der Waals surface area contributed by atoms with Crippen molar-refractivity contribution in [1.82, 2.24) is 4.90 Å². The number of hydrogen-bond acceptors (Lipinski definition) is 2. The fraction of sp³-hybridized carbons (Fsp3) is 0.462. The van der Waals surface area contributed by atoms with Gasteiger partial charge in [0.25, 0.3) is 0 Å². The molecule has 0 amide bonds. The maximum Gasteiger partial charge on any atom is 0.123 e. The van der Waals surface area contributed by atoms with E-state index in [1.807, 2.05) is 0 Å². The van der Waals surface area contributed by atoms with Gasteiger partial charge in [-0.3, -0.25) is 4.90 Å². The zero-order valence-corrected chi connectivity index (χ0v) is 10.5. The molecule has 92 valence electrons. The van der Waals surface area contributed by atoms with E-state index in [2.05, 4.69) is 4.90 Å². The summed E-state index contributed by atoms with van der Waals surface area (Å²) in [4.78, 5) is 2.76. The molecule has 1 aliphatic heterocycles. The third kappa shape index (κ3) is 3.01. The van der Waals surface area contributed by atoms with Gasteiger partial charge in [0.2, 0.25) is 0 Å². The Morgan fingerprint density at radius 1 is 1.18 bits per heavy atom. The van der Waals surface area contributed by atoms with E-state index in [0.717, 1.165) is 18.7 Å².